The van der Waals surface area contributed by atoms with Gasteiger partial charge in [-0.1, -0.05) is 329 Å². The van der Waals surface area contributed by atoms with Crippen LogP contribution >= 0.6 is 0 Å². The van der Waals surface area contributed by atoms with Crippen molar-refractivity contribution < 1.29 is 33.7 Å². The monoisotopic (exact) mass is 1020 g/mol. The van der Waals surface area contributed by atoms with E-state index in [0.29, 0.717) is 19.3 Å². The lowest BCUT2D eigenvalue weighted by Crippen LogP contribution is -2.42. The number of hydrogen-bond acceptors (Lipinski definition) is 7. The number of esters is 3. The fourth-order valence-electron chi connectivity index (χ4n) is 10.2. The second-order valence-electron chi connectivity index (χ2n) is 22.9. The molecule has 0 spiro atoms. The minimum absolute atomic E-state index is 0.153. The number of aliphatic hydroxyl groups is 1. The quantitative estimate of drug-likeness (QED) is 0.0368. The Kier molecular flexibility index (Phi) is 57.3. The van der Waals surface area contributed by atoms with Crippen molar-refractivity contribution in [1.82, 2.24) is 0 Å². The Morgan fingerprint density at radius 3 is 0.528 bits per heavy atom. The Morgan fingerprint density at radius 2 is 0.389 bits per heavy atom. The first-order chi connectivity index (χ1) is 35.4. The van der Waals surface area contributed by atoms with Crippen molar-refractivity contribution in [1.29, 1.82) is 0 Å². The standard InChI is InChI=1S/C65H126O7/c1-4-7-10-13-16-19-22-25-28-31-34-37-40-43-46-49-52-55-62(67)70-59-65(58-66,60-71-63(68)56-53-50-47-44-41-38-35-32-29-26-23-20-17-14-11-8-5-2)61-72-64(69)57-54-51-48-45-42-39-36-33-30-27-24-21-18-15-12-9-6-3/h66H,4-61H2,1-3H3. The summed E-state index contributed by atoms with van der Waals surface area (Å²) in [5.41, 5.74) is -1.18. The predicted molar refractivity (Wildman–Crippen MR) is 309 cm³/mol. The van der Waals surface area contributed by atoms with E-state index in [9.17, 15) is 19.5 Å². The highest BCUT2D eigenvalue weighted by Gasteiger charge is 2.35. The van der Waals surface area contributed by atoms with Gasteiger partial charge in [0.05, 0.1) is 12.0 Å². The number of carbonyl (C=O) groups is 3. The maximum absolute atomic E-state index is 12.9. The summed E-state index contributed by atoms with van der Waals surface area (Å²) in [6.07, 6.45) is 66.5. The number of carbonyl (C=O) groups excluding carboxylic acids is 3. The smallest absolute Gasteiger partial charge is 0.305 e. The zero-order valence-electron chi connectivity index (χ0n) is 48.9. The van der Waals surface area contributed by atoms with Crippen LogP contribution in [0.25, 0.3) is 0 Å². The molecule has 0 rings (SSSR count). The van der Waals surface area contributed by atoms with Crippen LogP contribution in [-0.4, -0.2) is 49.4 Å². The summed E-state index contributed by atoms with van der Waals surface area (Å²) in [5, 5.41) is 10.6. The average Bonchev–Trinajstić information content (AvgIpc) is 3.39. The van der Waals surface area contributed by atoms with Crippen LogP contribution in [0.1, 0.15) is 367 Å². The van der Waals surface area contributed by atoms with Gasteiger partial charge in [-0.3, -0.25) is 14.4 Å². The van der Waals surface area contributed by atoms with Crippen LogP contribution in [0.3, 0.4) is 0 Å². The van der Waals surface area contributed by atoms with Gasteiger partial charge in [0.25, 0.3) is 0 Å². The third-order valence-electron chi connectivity index (χ3n) is 15.4. The maximum atomic E-state index is 12.9. The van der Waals surface area contributed by atoms with Gasteiger partial charge in [-0.15, -0.1) is 0 Å². The van der Waals surface area contributed by atoms with E-state index in [0.717, 1.165) is 57.8 Å². The van der Waals surface area contributed by atoms with E-state index < -0.39 is 12.0 Å². The number of ether oxygens (including phenoxy) is 3. The van der Waals surface area contributed by atoms with Gasteiger partial charge >= 0.3 is 17.9 Å². The molecule has 1 N–H and O–H groups in total. The molecule has 0 aromatic heterocycles. The van der Waals surface area contributed by atoms with Crippen molar-refractivity contribution in [2.45, 2.75) is 367 Å². The molecule has 7 nitrogen and oxygen atoms in total. The second-order valence-corrected chi connectivity index (χ2v) is 22.9. The van der Waals surface area contributed by atoms with Crippen LogP contribution in [0.15, 0.2) is 0 Å². The van der Waals surface area contributed by atoms with Crippen molar-refractivity contribution in [2.24, 2.45) is 5.41 Å². The van der Waals surface area contributed by atoms with E-state index in [4.69, 9.17) is 14.2 Å². The van der Waals surface area contributed by atoms with E-state index >= 15 is 0 Å². The highest BCUT2D eigenvalue weighted by Crippen LogP contribution is 2.23. The van der Waals surface area contributed by atoms with Crippen molar-refractivity contribution in [3.8, 4) is 0 Å². The summed E-state index contributed by atoms with van der Waals surface area (Å²) in [5.74, 6) is -0.963. The molecule has 0 heterocycles. The molecule has 0 aromatic carbocycles. The van der Waals surface area contributed by atoms with E-state index in [1.807, 2.05) is 0 Å². The lowest BCUT2D eigenvalue weighted by molar-refractivity contribution is -0.165. The molecule has 0 unspecified atom stereocenters. The van der Waals surface area contributed by atoms with Gasteiger partial charge in [-0.25, -0.2) is 0 Å². The fourth-order valence-corrected chi connectivity index (χ4v) is 10.2. The summed E-state index contributed by atoms with van der Waals surface area (Å²) < 4.78 is 17.1. The largest absolute Gasteiger partial charge is 0.465 e. The molecule has 0 radical (unpaired) electrons. The minimum Gasteiger partial charge on any atom is -0.465 e. The van der Waals surface area contributed by atoms with Crippen LogP contribution in [0, 0.1) is 5.41 Å². The predicted octanol–water partition coefficient (Wildman–Crippen LogP) is 20.7. The Morgan fingerprint density at radius 1 is 0.250 bits per heavy atom. The van der Waals surface area contributed by atoms with E-state index in [-0.39, 0.29) is 37.7 Å². The molecule has 0 aromatic rings. The Hall–Kier alpha value is -1.63. The van der Waals surface area contributed by atoms with Crippen LogP contribution < -0.4 is 0 Å². The molecule has 0 aliphatic rings. The highest BCUT2D eigenvalue weighted by molar-refractivity contribution is 5.70. The first-order valence-electron chi connectivity index (χ1n) is 32.5. The summed E-state index contributed by atoms with van der Waals surface area (Å²) in [7, 11) is 0. The molecule has 72 heavy (non-hydrogen) atoms. The fraction of sp³-hybridized carbons (Fsp3) is 0.954. The van der Waals surface area contributed by atoms with Crippen LogP contribution in [0.2, 0.25) is 0 Å². The first-order valence-corrected chi connectivity index (χ1v) is 32.5. The van der Waals surface area contributed by atoms with Crippen LogP contribution in [0.4, 0.5) is 0 Å². The van der Waals surface area contributed by atoms with Gasteiger partial charge in [0.1, 0.15) is 19.8 Å². The van der Waals surface area contributed by atoms with E-state index in [1.54, 1.807) is 0 Å². The van der Waals surface area contributed by atoms with Crippen molar-refractivity contribution >= 4 is 17.9 Å². The normalized spacial score (nSPS) is 11.7. The van der Waals surface area contributed by atoms with Gasteiger partial charge < -0.3 is 19.3 Å². The Labute approximate surface area is 449 Å². The van der Waals surface area contributed by atoms with Gasteiger partial charge in [0, 0.05) is 19.3 Å². The number of rotatable bonds is 61. The molecular weight excluding hydrogens is 893 g/mol. The molecule has 0 aliphatic carbocycles. The average molecular weight is 1020 g/mol. The molecule has 0 bridgehead atoms. The van der Waals surface area contributed by atoms with Crippen molar-refractivity contribution in [3.05, 3.63) is 0 Å². The van der Waals surface area contributed by atoms with Crippen LogP contribution in [0.5, 0.6) is 0 Å². The zero-order chi connectivity index (χ0) is 52.4. The molecule has 0 amide bonds. The zero-order valence-corrected chi connectivity index (χ0v) is 48.9. The molecule has 428 valence electrons. The summed E-state index contributed by atoms with van der Waals surface area (Å²) in [6.45, 7) is 5.96. The van der Waals surface area contributed by atoms with Crippen molar-refractivity contribution in [3.63, 3.8) is 0 Å². The maximum Gasteiger partial charge on any atom is 0.305 e. The molecule has 0 aliphatic heterocycles. The van der Waals surface area contributed by atoms with Crippen LogP contribution in [-0.2, 0) is 28.6 Å². The second kappa shape index (κ2) is 58.6. The van der Waals surface area contributed by atoms with E-state index in [2.05, 4.69) is 20.8 Å². The molecule has 0 fully saturated rings. The highest BCUT2D eigenvalue weighted by atomic mass is 16.6. The molecule has 0 saturated heterocycles. The lowest BCUT2D eigenvalue weighted by Gasteiger charge is -2.30. The molecule has 0 atom stereocenters. The summed E-state index contributed by atoms with van der Waals surface area (Å²) >= 11 is 0. The van der Waals surface area contributed by atoms with Gasteiger partial charge in [0.2, 0.25) is 0 Å². The van der Waals surface area contributed by atoms with Gasteiger partial charge in [0.15, 0.2) is 0 Å². The topological polar surface area (TPSA) is 99.1 Å². The van der Waals surface area contributed by atoms with E-state index in [1.165, 1.54) is 270 Å². The van der Waals surface area contributed by atoms with Gasteiger partial charge in [-0.2, -0.15) is 0 Å². The number of hydrogen-bond donors (Lipinski definition) is 1. The molecule has 0 saturated carbocycles. The third-order valence-corrected chi connectivity index (χ3v) is 15.4. The third kappa shape index (κ3) is 53.2. The summed E-state index contributed by atoms with van der Waals surface area (Å²) in [6, 6.07) is 0. The first kappa shape index (κ1) is 70.4. The van der Waals surface area contributed by atoms with Crippen molar-refractivity contribution in [2.75, 3.05) is 26.4 Å². The summed E-state index contributed by atoms with van der Waals surface area (Å²) in [4.78, 5) is 38.7. The Balaban J connectivity index is 4.50. The SMILES string of the molecule is CCCCCCCCCCCCCCCCCCCC(=O)OCC(CO)(COC(=O)CCCCCCCCCCCCCCCCCCC)COC(=O)CCCCCCCCCCCCCCCCCCC. The molecular formula is C65H126O7. The Bertz CT molecular complexity index is 978. The number of unbranched alkanes of at least 4 members (excludes halogenated alkanes) is 48. The lowest BCUT2D eigenvalue weighted by atomic mass is 9.92. The van der Waals surface area contributed by atoms with Gasteiger partial charge in [-0.05, 0) is 19.3 Å². The number of aliphatic hydroxyl groups excluding tert-OH is 1. The molecule has 7 heteroatoms. The minimum atomic E-state index is -1.18.